The lowest BCUT2D eigenvalue weighted by atomic mass is 10.2. The van der Waals surface area contributed by atoms with E-state index in [1.807, 2.05) is 67.6 Å². The van der Waals surface area contributed by atoms with Crippen molar-refractivity contribution >= 4 is 49.1 Å². The minimum atomic E-state index is 0.461. The van der Waals surface area contributed by atoms with Crippen molar-refractivity contribution in [2.24, 2.45) is 0 Å². The van der Waals surface area contributed by atoms with Crippen LogP contribution in [0.25, 0.3) is 0 Å². The van der Waals surface area contributed by atoms with Gasteiger partial charge in [0.2, 0.25) is 0 Å². The molecule has 1 N–H and O–H groups in total. The Kier molecular flexibility index (Phi) is 7.65. The Morgan fingerprint density at radius 2 is 1.68 bits per heavy atom. The molecule has 3 aromatic carbocycles. The molecule has 0 amide bonds. The second kappa shape index (κ2) is 10.2. The molecular formula is C22H20Br2ClNO2. The van der Waals surface area contributed by atoms with Crippen LogP contribution in [-0.2, 0) is 13.2 Å². The molecule has 0 unspecified atom stereocenters. The Morgan fingerprint density at radius 3 is 2.39 bits per heavy atom. The van der Waals surface area contributed by atoms with Gasteiger partial charge in [0, 0.05) is 11.0 Å². The fourth-order valence-corrected chi connectivity index (χ4v) is 3.74. The van der Waals surface area contributed by atoms with Crippen molar-refractivity contribution in [3.8, 4) is 11.5 Å². The van der Waals surface area contributed by atoms with Crippen molar-refractivity contribution in [1.82, 2.24) is 0 Å². The van der Waals surface area contributed by atoms with Gasteiger partial charge in [-0.15, -0.1) is 0 Å². The summed E-state index contributed by atoms with van der Waals surface area (Å²) < 4.78 is 13.8. The van der Waals surface area contributed by atoms with Gasteiger partial charge < -0.3 is 14.8 Å². The number of hydrogen-bond acceptors (Lipinski definition) is 3. The van der Waals surface area contributed by atoms with Gasteiger partial charge >= 0.3 is 0 Å². The Balaban J connectivity index is 1.75. The van der Waals surface area contributed by atoms with Crippen LogP contribution in [0.4, 0.5) is 5.69 Å². The summed E-state index contributed by atoms with van der Waals surface area (Å²) >= 11 is 13.3. The van der Waals surface area contributed by atoms with E-state index >= 15 is 0 Å². The van der Waals surface area contributed by atoms with Crippen molar-refractivity contribution in [3.63, 3.8) is 0 Å². The van der Waals surface area contributed by atoms with Gasteiger partial charge in [-0.25, -0.2) is 0 Å². The third kappa shape index (κ3) is 5.66. The number of halogens is 3. The van der Waals surface area contributed by atoms with Gasteiger partial charge in [-0.1, -0.05) is 51.8 Å². The van der Waals surface area contributed by atoms with Crippen LogP contribution in [0.2, 0.25) is 5.02 Å². The summed E-state index contributed by atoms with van der Waals surface area (Å²) in [5.74, 6) is 1.41. The molecular weight excluding hydrogens is 506 g/mol. The molecule has 0 aliphatic rings. The first-order valence-corrected chi connectivity index (χ1v) is 10.8. The maximum absolute atomic E-state index is 6.22. The second-order valence-electron chi connectivity index (χ2n) is 6.09. The van der Waals surface area contributed by atoms with Crippen molar-refractivity contribution < 1.29 is 9.47 Å². The zero-order valence-electron chi connectivity index (χ0n) is 15.3. The molecule has 3 nitrogen and oxygen atoms in total. The van der Waals surface area contributed by atoms with E-state index in [0.717, 1.165) is 25.8 Å². The molecule has 0 atom stereocenters. The minimum absolute atomic E-state index is 0.461. The predicted octanol–water partition coefficient (Wildman–Crippen LogP) is 7.45. The van der Waals surface area contributed by atoms with E-state index in [2.05, 4.69) is 37.2 Å². The molecule has 0 radical (unpaired) electrons. The number of rotatable bonds is 8. The van der Waals surface area contributed by atoms with E-state index in [0.29, 0.717) is 36.3 Å². The lowest BCUT2D eigenvalue weighted by Gasteiger charge is -2.16. The van der Waals surface area contributed by atoms with E-state index in [4.69, 9.17) is 21.1 Å². The molecule has 0 aliphatic heterocycles. The molecule has 3 rings (SSSR count). The topological polar surface area (TPSA) is 30.5 Å². The van der Waals surface area contributed by atoms with E-state index in [9.17, 15) is 0 Å². The van der Waals surface area contributed by atoms with Crippen molar-refractivity contribution in [2.75, 3.05) is 11.9 Å². The van der Waals surface area contributed by atoms with Gasteiger partial charge in [0.25, 0.3) is 0 Å². The number of nitrogens with one attached hydrogen (secondary N) is 1. The molecule has 0 bridgehead atoms. The Bertz CT molecular complexity index is 932. The highest BCUT2D eigenvalue weighted by atomic mass is 79.9. The molecule has 0 saturated carbocycles. The van der Waals surface area contributed by atoms with Crippen molar-refractivity contribution in [3.05, 3.63) is 85.8 Å². The fourth-order valence-electron chi connectivity index (χ4n) is 2.66. The molecule has 0 fully saturated rings. The van der Waals surface area contributed by atoms with Crippen LogP contribution >= 0.6 is 43.5 Å². The van der Waals surface area contributed by atoms with Crippen LogP contribution in [-0.4, -0.2) is 6.61 Å². The molecule has 0 spiro atoms. The Hall–Kier alpha value is -1.69. The summed E-state index contributed by atoms with van der Waals surface area (Å²) in [5.41, 5.74) is 3.04. The summed E-state index contributed by atoms with van der Waals surface area (Å²) in [6, 6.07) is 19.8. The number of anilines is 1. The molecule has 0 saturated heterocycles. The van der Waals surface area contributed by atoms with Gasteiger partial charge in [-0.2, -0.15) is 0 Å². The number of benzene rings is 3. The molecule has 0 aliphatic carbocycles. The quantitative estimate of drug-likeness (QED) is 0.331. The number of para-hydroxylation sites is 1. The second-order valence-corrected chi connectivity index (χ2v) is 8.26. The number of hydrogen-bond donors (Lipinski definition) is 1. The molecule has 28 heavy (non-hydrogen) atoms. The average Bonchev–Trinajstić information content (AvgIpc) is 2.68. The lowest BCUT2D eigenvalue weighted by Crippen LogP contribution is -2.04. The average molecular weight is 526 g/mol. The normalized spacial score (nSPS) is 10.6. The van der Waals surface area contributed by atoms with Gasteiger partial charge in [0.05, 0.1) is 21.8 Å². The predicted molar refractivity (Wildman–Crippen MR) is 123 cm³/mol. The first kappa shape index (κ1) is 21.0. The summed E-state index contributed by atoms with van der Waals surface area (Å²) in [5, 5.41) is 4.05. The largest absolute Gasteiger partial charge is 0.490 e. The third-order valence-electron chi connectivity index (χ3n) is 4.02. The molecule has 146 valence electrons. The van der Waals surface area contributed by atoms with E-state index in [1.165, 1.54) is 0 Å². The van der Waals surface area contributed by atoms with Crippen LogP contribution in [0.3, 0.4) is 0 Å². The lowest BCUT2D eigenvalue weighted by molar-refractivity contribution is 0.267. The summed E-state index contributed by atoms with van der Waals surface area (Å²) in [4.78, 5) is 0. The Morgan fingerprint density at radius 1 is 0.929 bits per heavy atom. The van der Waals surface area contributed by atoms with Crippen molar-refractivity contribution in [1.29, 1.82) is 0 Å². The van der Waals surface area contributed by atoms with Gasteiger partial charge in [-0.3, -0.25) is 0 Å². The van der Waals surface area contributed by atoms with Gasteiger partial charge in [0.15, 0.2) is 11.5 Å². The fraction of sp³-hybridized carbons (Fsp3) is 0.182. The monoisotopic (exact) mass is 523 g/mol. The molecule has 0 aromatic heterocycles. The van der Waals surface area contributed by atoms with Crippen LogP contribution in [0.5, 0.6) is 11.5 Å². The van der Waals surface area contributed by atoms with E-state index < -0.39 is 0 Å². The smallest absolute Gasteiger partial charge is 0.175 e. The van der Waals surface area contributed by atoms with E-state index in [-0.39, 0.29) is 0 Å². The van der Waals surface area contributed by atoms with Crippen LogP contribution < -0.4 is 14.8 Å². The first-order chi connectivity index (χ1) is 13.6. The zero-order chi connectivity index (χ0) is 19.9. The Labute approximate surface area is 187 Å². The summed E-state index contributed by atoms with van der Waals surface area (Å²) in [6.45, 7) is 3.60. The SMILES string of the molecule is CCOc1cc(CNc2ccccc2Cl)cc(Br)c1OCc1ccc(Br)cc1. The van der Waals surface area contributed by atoms with Crippen LogP contribution in [0, 0.1) is 0 Å². The maximum Gasteiger partial charge on any atom is 0.175 e. The van der Waals surface area contributed by atoms with Crippen LogP contribution in [0.15, 0.2) is 69.6 Å². The van der Waals surface area contributed by atoms with E-state index in [1.54, 1.807) is 0 Å². The zero-order valence-corrected chi connectivity index (χ0v) is 19.3. The van der Waals surface area contributed by atoms with Crippen molar-refractivity contribution in [2.45, 2.75) is 20.1 Å². The highest BCUT2D eigenvalue weighted by Gasteiger charge is 2.13. The summed E-state index contributed by atoms with van der Waals surface area (Å²) in [6.07, 6.45) is 0. The molecule has 6 heteroatoms. The minimum Gasteiger partial charge on any atom is -0.490 e. The number of ether oxygens (including phenoxy) is 2. The molecule has 3 aromatic rings. The first-order valence-electron chi connectivity index (χ1n) is 8.87. The van der Waals surface area contributed by atoms with Gasteiger partial charge in [-0.05, 0) is 70.4 Å². The maximum atomic E-state index is 6.22. The molecule has 0 heterocycles. The standard InChI is InChI=1S/C22H20Br2ClNO2/c1-2-27-21-12-16(13-26-20-6-4-3-5-19(20)25)11-18(24)22(21)28-14-15-7-9-17(23)10-8-15/h3-12,26H,2,13-14H2,1H3. The third-order valence-corrected chi connectivity index (χ3v) is 5.47. The van der Waals surface area contributed by atoms with Gasteiger partial charge in [0.1, 0.15) is 6.61 Å². The van der Waals surface area contributed by atoms with Crippen LogP contribution in [0.1, 0.15) is 18.1 Å². The highest BCUT2D eigenvalue weighted by molar-refractivity contribution is 9.10. The highest BCUT2D eigenvalue weighted by Crippen LogP contribution is 2.38. The summed E-state index contributed by atoms with van der Waals surface area (Å²) in [7, 11) is 0.